The van der Waals surface area contributed by atoms with Gasteiger partial charge in [0, 0.05) is 0 Å². The van der Waals surface area contributed by atoms with Crippen molar-refractivity contribution in [3.63, 3.8) is 0 Å². The van der Waals surface area contributed by atoms with Crippen LogP contribution in [0.2, 0.25) is 0 Å². The maximum absolute atomic E-state index is 5.51. The molecule has 0 saturated heterocycles. The summed E-state index contributed by atoms with van der Waals surface area (Å²) < 4.78 is 0. The van der Waals surface area contributed by atoms with Gasteiger partial charge in [-0.1, -0.05) is 0 Å². The third-order valence-electron chi connectivity index (χ3n) is 2.22. The van der Waals surface area contributed by atoms with E-state index in [-0.39, 0.29) is 0 Å². The Kier molecular flexibility index (Phi) is 6.90. The summed E-state index contributed by atoms with van der Waals surface area (Å²) in [4.78, 5) is 0. The molecule has 0 aromatic rings. The minimum absolute atomic E-state index is 0.519. The minimum atomic E-state index is -0.760. The average molecular weight is 151 g/mol. The van der Waals surface area contributed by atoms with Gasteiger partial charge in [0.1, 0.15) is 0 Å². The maximum Gasteiger partial charge on any atom is -0.00000479 e. The molecule has 0 saturated carbocycles. The fraction of sp³-hybridized carbons (Fsp3) is 0. The largest absolute Gasteiger partial charge is 0.729 e. The first-order valence-electron chi connectivity index (χ1n) is 4.33. The van der Waals surface area contributed by atoms with Gasteiger partial charge in [-0.2, -0.15) is 0 Å². The van der Waals surface area contributed by atoms with Crippen LogP contribution in [0.15, 0.2) is 0 Å². The summed E-state index contributed by atoms with van der Waals surface area (Å²) in [5.74, 6) is 0. The van der Waals surface area contributed by atoms with E-state index in [0.717, 1.165) is 0 Å². The lowest BCUT2D eigenvalue weighted by Gasteiger charge is -2.55. The predicted molar refractivity (Wildman–Crippen MR) is 80.6 cm³/mol. The second-order valence-electron chi connectivity index (χ2n) is 3.46. The van der Waals surface area contributed by atoms with Crippen LogP contribution < -0.4 is 0 Å². The number of hydrogen-bond acceptors (Lipinski definition) is 0. The molecule has 45 valence electrons. The fourth-order valence-corrected chi connectivity index (χ4v) is 1.54. The van der Waals surface area contributed by atoms with E-state index in [2.05, 4.69) is 0 Å². The smallest absolute Gasteiger partial charge is 0.00000479 e. The second kappa shape index (κ2) is 6.48. The highest BCUT2D eigenvalue weighted by atomic mass is 13.2. The summed E-state index contributed by atoms with van der Waals surface area (Å²) in [5, 5.41) is 0. The van der Waals surface area contributed by atoms with Crippen LogP contribution in [-0.4, -0.2) is 100 Å². The van der Waals surface area contributed by atoms with Crippen LogP contribution >= 0.6 is 0 Å². The van der Waals surface area contributed by atoms with Crippen LogP contribution in [0.5, 0.6) is 0 Å². The molecule has 19 radical (unpaired) electrons. The first-order chi connectivity index (χ1) is 6.29. The quantitative estimate of drug-likeness (QED) is 0.344. The lowest BCUT2D eigenvalue weighted by Crippen LogP contribution is -2.72. The van der Waals surface area contributed by atoms with E-state index in [4.69, 9.17) is 61.9 Å². The minimum Gasteiger partial charge on any atom is -0.729 e. The summed E-state index contributed by atoms with van der Waals surface area (Å²) >= 11 is 0. The average Bonchev–Trinajstić information content (AvgIpc) is 1.96. The normalized spacial score (nSPS) is 9.07. The third-order valence-corrected chi connectivity index (χ3v) is 2.22. The molecule has 14 heteroatoms. The van der Waals surface area contributed by atoms with E-state index >= 15 is 0 Å². The van der Waals surface area contributed by atoms with Crippen molar-refractivity contribution in [1.82, 2.24) is 0 Å². The third kappa shape index (κ3) is 4.19. The first-order valence-corrected chi connectivity index (χ1v) is 4.33. The van der Waals surface area contributed by atoms with Crippen LogP contribution in [0.3, 0.4) is 0 Å². The Morgan fingerprint density at radius 1 is 0.643 bits per heavy atom. The molecule has 0 unspecified atom stereocenters. The first kappa shape index (κ1) is 14.9. The van der Waals surface area contributed by atoms with Gasteiger partial charge in [0.2, 0.25) is 0 Å². The van der Waals surface area contributed by atoms with Gasteiger partial charge in [-0.3, -0.25) is 0 Å². The predicted octanol–water partition coefficient (Wildman–Crippen LogP) is -5.33. The lowest BCUT2D eigenvalue weighted by atomic mass is 8.47. The van der Waals surface area contributed by atoms with Gasteiger partial charge in [0.05, 0.1) is 0 Å². The molecule has 14 heavy (non-hydrogen) atoms. The summed E-state index contributed by atoms with van der Waals surface area (Å²) in [6.45, 7) is 0. The van der Waals surface area contributed by atoms with Gasteiger partial charge < -0.3 is 29.6 Å². The van der Waals surface area contributed by atoms with Crippen molar-refractivity contribution < 1.29 is 0 Å². The topological polar surface area (TPSA) is 0 Å². The molecular weight excluding hydrogens is 151 g/mol. The zero-order chi connectivity index (χ0) is 11.5. The molecule has 0 heterocycles. The van der Waals surface area contributed by atoms with Gasteiger partial charge in [0.15, 0.2) is 0 Å². The second-order valence-corrected chi connectivity index (χ2v) is 3.46. The zero-order valence-electron chi connectivity index (χ0n) is 8.08. The molecule has 0 aliphatic heterocycles. The summed E-state index contributed by atoms with van der Waals surface area (Å²) in [6, 6.07) is 0. The molecule has 0 fully saturated rings. The van der Waals surface area contributed by atoms with Crippen molar-refractivity contribution in [3.05, 3.63) is 0 Å². The van der Waals surface area contributed by atoms with E-state index < -0.39 is 38.3 Å². The van der Waals surface area contributed by atoms with Crippen LogP contribution in [-0.2, 0) is 0 Å². The Hall–Kier alpha value is 0.909. The highest BCUT2D eigenvalue weighted by Gasteiger charge is 2.25. The van der Waals surface area contributed by atoms with Crippen molar-refractivity contribution in [1.29, 1.82) is 0 Å². The maximum atomic E-state index is 5.51. The van der Waals surface area contributed by atoms with Crippen molar-refractivity contribution in [2.45, 2.75) is 0 Å². The number of rotatable bonds is 5. The summed E-state index contributed by atoms with van der Waals surface area (Å²) in [6.07, 6.45) is -4.08. The van der Waals surface area contributed by atoms with Gasteiger partial charge >= 0.3 is 0 Å². The van der Waals surface area contributed by atoms with E-state index in [9.17, 15) is 0 Å². The summed E-state index contributed by atoms with van der Waals surface area (Å²) in [5.41, 5.74) is 0. The highest BCUT2D eigenvalue weighted by molar-refractivity contribution is 8.10. The molecule has 0 bridgehead atoms. The molecule has 0 aromatic heterocycles. The van der Waals surface area contributed by atoms with Crippen LogP contribution in [0.4, 0.5) is 0 Å². The van der Waals surface area contributed by atoms with E-state index in [1.807, 2.05) is 0 Å². The van der Waals surface area contributed by atoms with Crippen molar-refractivity contribution >= 4 is 100 Å². The van der Waals surface area contributed by atoms with Gasteiger partial charge in [-0.25, -0.2) is 6.39 Å². The molecule has 0 aliphatic carbocycles. The highest BCUT2D eigenvalue weighted by Crippen LogP contribution is 1.97. The van der Waals surface area contributed by atoms with Crippen LogP contribution in [0.1, 0.15) is 0 Å². The molecule has 0 spiro atoms. The van der Waals surface area contributed by atoms with Crippen molar-refractivity contribution in [3.8, 4) is 0 Å². The Bertz CT molecular complexity index is 108. The van der Waals surface area contributed by atoms with Gasteiger partial charge in [-0.15, -0.1) is 6.39 Å². The molecule has 0 aliphatic rings. The lowest BCUT2D eigenvalue weighted by molar-refractivity contribution is 3.41. The molecule has 0 rings (SSSR count). The SMILES string of the molecule is [B]B([B])B(B([B])[B])B(B([B])[B-])B([B-])[B-]. The zero-order valence-corrected chi connectivity index (χ0v) is 8.08. The van der Waals surface area contributed by atoms with E-state index in [0.29, 0.717) is 0 Å². The summed E-state index contributed by atoms with van der Waals surface area (Å²) in [7, 11) is 44.1. The Labute approximate surface area is 100 Å². The Balaban J connectivity index is 4.74. The van der Waals surface area contributed by atoms with E-state index in [1.54, 1.807) is 0 Å². The molecule has 0 amide bonds. The monoisotopic (exact) mass is 154 g/mol. The molecule has 0 nitrogen and oxygen atoms in total. The van der Waals surface area contributed by atoms with Gasteiger partial charge in [-0.05, 0) is 57.8 Å². The number of hydrogen-bond donors (Lipinski definition) is 0. The van der Waals surface area contributed by atoms with Gasteiger partial charge in [0.25, 0.3) is 0 Å². The molecule has 0 atom stereocenters. The van der Waals surface area contributed by atoms with Crippen molar-refractivity contribution in [2.24, 2.45) is 0 Å². The van der Waals surface area contributed by atoms with E-state index in [1.165, 1.54) is 0 Å². The molecular formula is B14-3. The standard InChI is InChI=1S/B14/c1-9(2)13(10(3)4)14(11(5)6)12(7)8/q-3. The molecule has 0 aromatic carbocycles. The fourth-order valence-electron chi connectivity index (χ4n) is 1.54. The Morgan fingerprint density at radius 3 is 1.07 bits per heavy atom. The van der Waals surface area contributed by atoms with Crippen LogP contribution in [0.25, 0.3) is 0 Å². The van der Waals surface area contributed by atoms with Crippen molar-refractivity contribution in [2.75, 3.05) is 0 Å². The molecule has 0 N–H and O–H groups in total. The van der Waals surface area contributed by atoms with Crippen LogP contribution in [0, 0.1) is 0 Å². The Morgan fingerprint density at radius 2 is 1.00 bits per heavy atom.